The van der Waals surface area contributed by atoms with Crippen molar-refractivity contribution in [2.24, 2.45) is 11.8 Å². The van der Waals surface area contributed by atoms with Crippen LogP contribution in [0.3, 0.4) is 0 Å². The summed E-state index contributed by atoms with van der Waals surface area (Å²) in [7, 11) is 0. The number of halogens is 1. The van der Waals surface area contributed by atoms with E-state index in [0.29, 0.717) is 12.5 Å². The molecule has 1 aliphatic carbocycles. The molecule has 1 aromatic heterocycles. The number of hydrogen-bond acceptors (Lipinski definition) is 3. The Balaban J connectivity index is 1.76. The van der Waals surface area contributed by atoms with Crippen molar-refractivity contribution in [1.82, 2.24) is 15.1 Å². The molecule has 0 spiro atoms. The zero-order valence-electron chi connectivity index (χ0n) is 12.8. The van der Waals surface area contributed by atoms with Crippen molar-refractivity contribution in [1.29, 1.82) is 0 Å². The molecule has 1 saturated carbocycles. The summed E-state index contributed by atoms with van der Waals surface area (Å²) in [6, 6.07) is 4.11. The third kappa shape index (κ3) is 4.82. The number of hydrogen-bond donors (Lipinski definition) is 2. The average Bonchev–Trinajstić information content (AvgIpc) is 2.58. The molecular formula is C17H24ClN3O. The maximum absolute atomic E-state index is 12.3. The molecule has 5 heteroatoms. The van der Waals surface area contributed by atoms with Crippen LogP contribution in [-0.4, -0.2) is 16.9 Å². The molecule has 1 heterocycles. The van der Waals surface area contributed by atoms with Gasteiger partial charge >= 0.3 is 0 Å². The highest BCUT2D eigenvalue weighted by molar-refractivity contribution is 6.13. The van der Waals surface area contributed by atoms with Crippen LogP contribution in [0.4, 0.5) is 0 Å². The summed E-state index contributed by atoms with van der Waals surface area (Å²) in [6.07, 6.45) is 10.2. The molecule has 1 amide bonds. The van der Waals surface area contributed by atoms with Crippen molar-refractivity contribution < 1.29 is 4.79 Å². The van der Waals surface area contributed by atoms with Crippen LogP contribution in [0.25, 0.3) is 0 Å². The van der Waals surface area contributed by atoms with Gasteiger partial charge in [0.25, 0.3) is 0 Å². The Morgan fingerprint density at radius 1 is 1.45 bits per heavy atom. The number of rotatable bonds is 7. The first-order valence-corrected chi connectivity index (χ1v) is 8.26. The Bertz CT molecular complexity index is 472. The lowest BCUT2D eigenvalue weighted by Gasteiger charge is -2.32. The lowest BCUT2D eigenvalue weighted by atomic mass is 9.77. The van der Waals surface area contributed by atoms with E-state index in [1.807, 2.05) is 18.2 Å². The normalized spacial score (nSPS) is 22.8. The van der Waals surface area contributed by atoms with Gasteiger partial charge in [-0.2, -0.15) is 0 Å². The third-order valence-electron chi connectivity index (χ3n) is 4.46. The van der Waals surface area contributed by atoms with E-state index in [4.69, 9.17) is 11.8 Å². The van der Waals surface area contributed by atoms with Crippen LogP contribution in [0.15, 0.2) is 37.2 Å². The van der Waals surface area contributed by atoms with Gasteiger partial charge in [0.05, 0.1) is 0 Å². The minimum absolute atomic E-state index is 0.118. The number of carbonyl (C=O) groups excluding carboxylic acids is 1. The van der Waals surface area contributed by atoms with Gasteiger partial charge < -0.3 is 5.32 Å². The maximum atomic E-state index is 12.3. The first-order chi connectivity index (χ1) is 10.7. The Hall–Kier alpha value is -1.39. The highest BCUT2D eigenvalue weighted by Gasteiger charge is 2.29. The van der Waals surface area contributed by atoms with Gasteiger partial charge in [-0.1, -0.05) is 12.1 Å². The van der Waals surface area contributed by atoms with E-state index in [-0.39, 0.29) is 17.9 Å². The number of nitrogens with one attached hydrogen (secondary N) is 2. The lowest BCUT2D eigenvalue weighted by molar-refractivity contribution is -0.126. The highest BCUT2D eigenvalue weighted by atomic mass is 35.5. The van der Waals surface area contributed by atoms with E-state index >= 15 is 0 Å². The number of aromatic nitrogens is 1. The molecule has 1 unspecified atom stereocenters. The third-order valence-corrected chi connectivity index (χ3v) is 4.74. The van der Waals surface area contributed by atoms with Crippen molar-refractivity contribution in [3.8, 4) is 0 Å². The number of pyridine rings is 1. The summed E-state index contributed by atoms with van der Waals surface area (Å²) >= 11 is 5.81. The fourth-order valence-electron chi connectivity index (χ4n) is 3.13. The summed E-state index contributed by atoms with van der Waals surface area (Å²) in [6.45, 7) is 4.32. The van der Waals surface area contributed by atoms with E-state index in [1.54, 1.807) is 12.4 Å². The van der Waals surface area contributed by atoms with Gasteiger partial charge in [0.1, 0.15) is 0 Å². The lowest BCUT2D eigenvalue weighted by Crippen LogP contribution is -2.37. The van der Waals surface area contributed by atoms with Gasteiger partial charge in [-0.15, -0.1) is 6.58 Å². The van der Waals surface area contributed by atoms with Crippen LogP contribution in [0.5, 0.6) is 0 Å². The highest BCUT2D eigenvalue weighted by Crippen LogP contribution is 2.32. The van der Waals surface area contributed by atoms with Crippen LogP contribution >= 0.6 is 11.8 Å². The van der Waals surface area contributed by atoms with Crippen molar-refractivity contribution >= 4 is 17.7 Å². The minimum atomic E-state index is 0.118. The zero-order chi connectivity index (χ0) is 15.8. The molecule has 0 aromatic carbocycles. The van der Waals surface area contributed by atoms with Gasteiger partial charge in [0.2, 0.25) is 5.91 Å². The Kier molecular flexibility index (Phi) is 6.87. The Morgan fingerprint density at radius 3 is 2.82 bits per heavy atom. The molecule has 1 atom stereocenters. The van der Waals surface area contributed by atoms with Crippen LogP contribution < -0.4 is 10.2 Å². The van der Waals surface area contributed by atoms with Crippen molar-refractivity contribution in [2.45, 2.75) is 44.7 Å². The second-order valence-electron chi connectivity index (χ2n) is 5.93. The summed E-state index contributed by atoms with van der Waals surface area (Å²) < 4.78 is 0. The maximum Gasteiger partial charge on any atom is 0.223 e. The Labute approximate surface area is 137 Å². The Morgan fingerprint density at radius 2 is 2.23 bits per heavy atom. The molecule has 0 aliphatic heterocycles. The van der Waals surface area contributed by atoms with Crippen LogP contribution in [0.1, 0.15) is 37.7 Å². The monoisotopic (exact) mass is 321 g/mol. The molecule has 1 fully saturated rings. The predicted molar refractivity (Wildman–Crippen MR) is 89.1 cm³/mol. The van der Waals surface area contributed by atoms with E-state index in [0.717, 1.165) is 37.7 Å². The molecule has 1 aliphatic rings. The van der Waals surface area contributed by atoms with E-state index in [9.17, 15) is 4.79 Å². The van der Waals surface area contributed by atoms with E-state index < -0.39 is 0 Å². The molecule has 2 rings (SSSR count). The first kappa shape index (κ1) is 17.0. The summed E-state index contributed by atoms with van der Waals surface area (Å²) in [5.41, 5.74) is 1.03. The summed E-state index contributed by atoms with van der Waals surface area (Å²) in [5, 5.41) is 3.02. The predicted octanol–water partition coefficient (Wildman–Crippen LogP) is 3.19. The number of amides is 1. The molecule has 0 saturated heterocycles. The van der Waals surface area contributed by atoms with Crippen LogP contribution in [0.2, 0.25) is 0 Å². The van der Waals surface area contributed by atoms with Crippen molar-refractivity contribution in [3.63, 3.8) is 0 Å². The summed E-state index contributed by atoms with van der Waals surface area (Å²) in [5.74, 6) is 0.798. The molecule has 0 radical (unpaired) electrons. The molecule has 22 heavy (non-hydrogen) atoms. The molecule has 120 valence electrons. The van der Waals surface area contributed by atoms with Crippen LogP contribution in [0, 0.1) is 11.8 Å². The largest absolute Gasteiger partial charge is 0.352 e. The first-order valence-electron chi connectivity index (χ1n) is 7.88. The zero-order valence-corrected chi connectivity index (χ0v) is 13.6. The van der Waals surface area contributed by atoms with E-state index in [2.05, 4.69) is 21.7 Å². The topological polar surface area (TPSA) is 54.0 Å². The van der Waals surface area contributed by atoms with Gasteiger partial charge in [0, 0.05) is 30.9 Å². The van der Waals surface area contributed by atoms with Gasteiger partial charge in [0.15, 0.2) is 0 Å². The number of nitrogens with zero attached hydrogens (tertiary/aromatic N) is 1. The van der Waals surface area contributed by atoms with Gasteiger partial charge in [-0.05, 0) is 61.4 Å². The second-order valence-corrected chi connectivity index (χ2v) is 6.15. The molecular weight excluding hydrogens is 298 g/mol. The number of carbonyl (C=O) groups is 1. The molecule has 0 bridgehead atoms. The van der Waals surface area contributed by atoms with Gasteiger partial charge in [-0.3, -0.25) is 9.78 Å². The fourth-order valence-corrected chi connectivity index (χ4v) is 3.39. The molecule has 1 aromatic rings. The SMILES string of the molecule is C=CCC(NCl)C1CCC(C(=O)NCc2cccnc2)CC1. The molecule has 4 nitrogen and oxygen atoms in total. The second kappa shape index (κ2) is 8.91. The standard InChI is InChI=1S/C17H24ClN3O/c1-2-4-16(21-18)14-6-8-15(9-7-14)17(22)20-12-13-5-3-10-19-11-13/h2-3,5,10-11,14-16,21H,1,4,6-9,12H2,(H,20,22). The average molecular weight is 322 g/mol. The fraction of sp³-hybridized carbons (Fsp3) is 0.529. The van der Waals surface area contributed by atoms with Gasteiger partial charge in [-0.25, -0.2) is 4.84 Å². The van der Waals surface area contributed by atoms with Crippen LogP contribution in [-0.2, 0) is 11.3 Å². The van der Waals surface area contributed by atoms with Crippen molar-refractivity contribution in [2.75, 3.05) is 0 Å². The smallest absolute Gasteiger partial charge is 0.223 e. The van der Waals surface area contributed by atoms with E-state index in [1.165, 1.54) is 0 Å². The molecule has 2 N–H and O–H groups in total. The quantitative estimate of drug-likeness (QED) is 0.599. The summed E-state index contributed by atoms with van der Waals surface area (Å²) in [4.78, 5) is 19.2. The minimum Gasteiger partial charge on any atom is -0.352 e. The van der Waals surface area contributed by atoms with Crippen molar-refractivity contribution in [3.05, 3.63) is 42.7 Å².